The summed E-state index contributed by atoms with van der Waals surface area (Å²) in [6, 6.07) is 0. The topological polar surface area (TPSA) is 26.0 Å². The molecule has 66 valence electrons. The molecule has 3 atom stereocenters. The minimum absolute atomic E-state index is 0.448. The highest BCUT2D eigenvalue weighted by Gasteiger charge is 2.27. The standard InChI is InChI=1S/C9H18FN/c1-2-7-3-4-9(10)5-8(7)6-11/h7-9H,2-6,11H2,1H3. The maximum Gasteiger partial charge on any atom is 0.100 e. The van der Waals surface area contributed by atoms with Gasteiger partial charge in [-0.1, -0.05) is 13.3 Å². The summed E-state index contributed by atoms with van der Waals surface area (Å²) in [6.45, 7) is 2.84. The SMILES string of the molecule is CCC1CCC(F)CC1CN. The average molecular weight is 159 g/mol. The first-order valence-electron chi connectivity index (χ1n) is 4.62. The fraction of sp³-hybridized carbons (Fsp3) is 1.00. The molecule has 1 nitrogen and oxygen atoms in total. The van der Waals surface area contributed by atoms with Gasteiger partial charge in [0.2, 0.25) is 0 Å². The molecule has 2 N–H and O–H groups in total. The molecular weight excluding hydrogens is 141 g/mol. The molecule has 2 heteroatoms. The van der Waals surface area contributed by atoms with E-state index >= 15 is 0 Å². The number of hydrogen-bond donors (Lipinski definition) is 1. The van der Waals surface area contributed by atoms with Crippen LogP contribution in [0.5, 0.6) is 0 Å². The van der Waals surface area contributed by atoms with Crippen LogP contribution in [-0.4, -0.2) is 12.7 Å². The molecule has 0 bridgehead atoms. The highest BCUT2D eigenvalue weighted by atomic mass is 19.1. The fourth-order valence-electron chi connectivity index (χ4n) is 2.10. The zero-order valence-corrected chi connectivity index (χ0v) is 7.22. The van der Waals surface area contributed by atoms with E-state index in [-0.39, 0.29) is 0 Å². The molecule has 0 aromatic carbocycles. The van der Waals surface area contributed by atoms with Crippen molar-refractivity contribution >= 4 is 0 Å². The van der Waals surface area contributed by atoms with Gasteiger partial charge in [-0.3, -0.25) is 0 Å². The van der Waals surface area contributed by atoms with Crippen LogP contribution in [0.15, 0.2) is 0 Å². The Morgan fingerprint density at radius 3 is 2.64 bits per heavy atom. The van der Waals surface area contributed by atoms with Crippen LogP contribution < -0.4 is 5.73 Å². The highest BCUT2D eigenvalue weighted by molar-refractivity contribution is 4.79. The molecule has 0 aromatic heterocycles. The molecule has 0 amide bonds. The van der Waals surface area contributed by atoms with Crippen molar-refractivity contribution in [1.29, 1.82) is 0 Å². The molecule has 11 heavy (non-hydrogen) atoms. The monoisotopic (exact) mass is 159 g/mol. The van der Waals surface area contributed by atoms with Crippen LogP contribution in [0.3, 0.4) is 0 Å². The Labute approximate surface area is 68.2 Å². The largest absolute Gasteiger partial charge is 0.330 e. The Hall–Kier alpha value is -0.110. The van der Waals surface area contributed by atoms with Crippen LogP contribution >= 0.6 is 0 Å². The lowest BCUT2D eigenvalue weighted by Crippen LogP contribution is -2.30. The third-order valence-electron chi connectivity index (χ3n) is 2.90. The van der Waals surface area contributed by atoms with E-state index in [9.17, 15) is 4.39 Å². The first-order valence-corrected chi connectivity index (χ1v) is 4.62. The second kappa shape index (κ2) is 4.05. The lowest BCUT2D eigenvalue weighted by molar-refractivity contribution is 0.141. The predicted molar refractivity (Wildman–Crippen MR) is 45.1 cm³/mol. The summed E-state index contributed by atoms with van der Waals surface area (Å²) in [4.78, 5) is 0. The van der Waals surface area contributed by atoms with E-state index in [2.05, 4.69) is 6.92 Å². The quantitative estimate of drug-likeness (QED) is 0.656. The van der Waals surface area contributed by atoms with E-state index < -0.39 is 6.17 Å². The van der Waals surface area contributed by atoms with Crippen molar-refractivity contribution < 1.29 is 4.39 Å². The molecule has 1 rings (SSSR count). The molecule has 0 heterocycles. The van der Waals surface area contributed by atoms with Crippen LogP contribution in [0.2, 0.25) is 0 Å². The molecule has 0 radical (unpaired) electrons. The van der Waals surface area contributed by atoms with E-state index in [0.717, 1.165) is 19.3 Å². The minimum Gasteiger partial charge on any atom is -0.330 e. The molecule has 1 aliphatic rings. The Bertz CT molecular complexity index is 116. The summed E-state index contributed by atoms with van der Waals surface area (Å²) < 4.78 is 12.9. The predicted octanol–water partition coefficient (Wildman–Crippen LogP) is 2.11. The smallest absolute Gasteiger partial charge is 0.100 e. The van der Waals surface area contributed by atoms with Crippen molar-refractivity contribution in [1.82, 2.24) is 0 Å². The first-order chi connectivity index (χ1) is 5.27. The van der Waals surface area contributed by atoms with Gasteiger partial charge < -0.3 is 5.73 Å². The van der Waals surface area contributed by atoms with E-state index in [1.165, 1.54) is 0 Å². The Kier molecular flexibility index (Phi) is 3.31. The summed E-state index contributed by atoms with van der Waals surface area (Å²) in [6.07, 6.45) is 3.09. The molecule has 0 spiro atoms. The van der Waals surface area contributed by atoms with E-state index in [0.29, 0.717) is 24.8 Å². The number of alkyl halides is 1. The van der Waals surface area contributed by atoms with Crippen molar-refractivity contribution in [3.63, 3.8) is 0 Å². The van der Waals surface area contributed by atoms with Crippen molar-refractivity contribution in [2.45, 2.75) is 38.8 Å². The molecule has 0 aliphatic heterocycles. The van der Waals surface area contributed by atoms with Gasteiger partial charge in [0, 0.05) is 0 Å². The van der Waals surface area contributed by atoms with Crippen LogP contribution in [0.1, 0.15) is 32.6 Å². The zero-order valence-electron chi connectivity index (χ0n) is 7.22. The van der Waals surface area contributed by atoms with E-state index in [4.69, 9.17) is 5.73 Å². The maximum atomic E-state index is 12.9. The van der Waals surface area contributed by atoms with Gasteiger partial charge in [0.15, 0.2) is 0 Å². The van der Waals surface area contributed by atoms with E-state index in [1.807, 2.05) is 0 Å². The van der Waals surface area contributed by atoms with Gasteiger partial charge in [-0.05, 0) is 37.6 Å². The summed E-state index contributed by atoms with van der Waals surface area (Å²) in [5.74, 6) is 1.13. The fourth-order valence-corrected chi connectivity index (χ4v) is 2.10. The zero-order chi connectivity index (χ0) is 8.27. The third-order valence-corrected chi connectivity index (χ3v) is 2.90. The summed E-state index contributed by atoms with van der Waals surface area (Å²) >= 11 is 0. The molecule has 3 unspecified atom stereocenters. The second-order valence-electron chi connectivity index (χ2n) is 3.57. The minimum atomic E-state index is -0.577. The first kappa shape index (κ1) is 8.98. The van der Waals surface area contributed by atoms with Crippen molar-refractivity contribution in [3.05, 3.63) is 0 Å². The molecule has 0 aromatic rings. The average Bonchev–Trinajstić information content (AvgIpc) is 2.04. The molecule has 1 fully saturated rings. The van der Waals surface area contributed by atoms with Crippen molar-refractivity contribution in [2.75, 3.05) is 6.54 Å². The molecule has 1 saturated carbocycles. The number of hydrogen-bond acceptors (Lipinski definition) is 1. The Morgan fingerprint density at radius 1 is 1.36 bits per heavy atom. The lowest BCUT2D eigenvalue weighted by Gasteiger charge is -2.31. The van der Waals surface area contributed by atoms with Crippen molar-refractivity contribution in [2.24, 2.45) is 17.6 Å². The van der Waals surface area contributed by atoms with Crippen LogP contribution in [-0.2, 0) is 0 Å². The van der Waals surface area contributed by atoms with Gasteiger partial charge >= 0.3 is 0 Å². The summed E-state index contributed by atoms with van der Waals surface area (Å²) in [7, 11) is 0. The van der Waals surface area contributed by atoms with Gasteiger partial charge in [-0.15, -0.1) is 0 Å². The third kappa shape index (κ3) is 2.16. The van der Waals surface area contributed by atoms with Crippen LogP contribution in [0, 0.1) is 11.8 Å². The summed E-state index contributed by atoms with van der Waals surface area (Å²) in [5, 5.41) is 0. The maximum absolute atomic E-state index is 12.9. The van der Waals surface area contributed by atoms with Gasteiger partial charge in [-0.2, -0.15) is 0 Å². The van der Waals surface area contributed by atoms with Crippen LogP contribution in [0.25, 0.3) is 0 Å². The van der Waals surface area contributed by atoms with Crippen LogP contribution in [0.4, 0.5) is 4.39 Å². The molecule has 1 aliphatic carbocycles. The second-order valence-corrected chi connectivity index (χ2v) is 3.57. The van der Waals surface area contributed by atoms with Gasteiger partial charge in [0.05, 0.1) is 0 Å². The number of rotatable bonds is 2. The molecular formula is C9H18FN. The Balaban J connectivity index is 2.41. The molecule has 0 saturated heterocycles. The van der Waals surface area contributed by atoms with Gasteiger partial charge in [0.1, 0.15) is 6.17 Å². The van der Waals surface area contributed by atoms with E-state index in [1.54, 1.807) is 0 Å². The Morgan fingerprint density at radius 2 is 2.09 bits per heavy atom. The normalized spacial score (nSPS) is 39.0. The van der Waals surface area contributed by atoms with Gasteiger partial charge in [0.25, 0.3) is 0 Å². The lowest BCUT2D eigenvalue weighted by atomic mass is 9.77. The number of nitrogens with two attached hydrogens (primary N) is 1. The van der Waals surface area contributed by atoms with Gasteiger partial charge in [-0.25, -0.2) is 4.39 Å². The number of halogens is 1. The van der Waals surface area contributed by atoms with Crippen molar-refractivity contribution in [3.8, 4) is 0 Å². The summed E-state index contributed by atoms with van der Waals surface area (Å²) in [5.41, 5.74) is 5.56. The highest BCUT2D eigenvalue weighted by Crippen LogP contribution is 2.32.